The summed E-state index contributed by atoms with van der Waals surface area (Å²) in [5.74, 6) is -0.975. The molecule has 0 aliphatic carbocycles. The molecular weight excluding hydrogens is 268 g/mol. The van der Waals surface area contributed by atoms with Gasteiger partial charge in [-0.15, -0.1) is 0 Å². The Hall–Kier alpha value is -1.75. The molecule has 104 valence electrons. The minimum atomic E-state index is -0.561. The summed E-state index contributed by atoms with van der Waals surface area (Å²) in [5.41, 5.74) is 5.46. The van der Waals surface area contributed by atoms with Crippen LogP contribution in [0.2, 0.25) is 5.02 Å². The third-order valence-corrected chi connectivity index (χ3v) is 2.91. The number of unbranched alkanes of at least 4 members (excludes halogenated alkanes) is 1. The zero-order valence-electron chi connectivity index (χ0n) is 10.7. The number of hydrogen-bond donors (Lipinski definition) is 2. The van der Waals surface area contributed by atoms with Gasteiger partial charge in [0.15, 0.2) is 0 Å². The predicted molar refractivity (Wildman–Crippen MR) is 73.1 cm³/mol. The number of nitrogens with zero attached hydrogens (tertiary/aromatic N) is 1. The van der Waals surface area contributed by atoms with Gasteiger partial charge in [0.1, 0.15) is 5.75 Å². The molecule has 0 radical (unpaired) electrons. The topological polar surface area (TPSA) is 83.6 Å². The van der Waals surface area contributed by atoms with Crippen LogP contribution in [-0.4, -0.2) is 34.9 Å². The van der Waals surface area contributed by atoms with Crippen molar-refractivity contribution in [1.82, 2.24) is 4.90 Å². The first-order valence-corrected chi connectivity index (χ1v) is 6.39. The number of rotatable bonds is 6. The third kappa shape index (κ3) is 4.44. The summed E-state index contributed by atoms with van der Waals surface area (Å²) < 4.78 is 0. The van der Waals surface area contributed by atoms with Crippen LogP contribution in [0.4, 0.5) is 0 Å². The molecular formula is C13H17ClN2O3. The van der Waals surface area contributed by atoms with E-state index in [1.807, 2.05) is 6.92 Å². The molecule has 0 aliphatic rings. The van der Waals surface area contributed by atoms with E-state index in [1.165, 1.54) is 23.1 Å². The van der Waals surface area contributed by atoms with Crippen molar-refractivity contribution in [2.75, 3.05) is 13.1 Å². The van der Waals surface area contributed by atoms with Gasteiger partial charge in [-0.3, -0.25) is 9.59 Å². The molecule has 0 spiro atoms. The molecule has 0 saturated heterocycles. The smallest absolute Gasteiger partial charge is 0.254 e. The quantitative estimate of drug-likeness (QED) is 0.835. The Morgan fingerprint density at radius 2 is 2.11 bits per heavy atom. The van der Waals surface area contributed by atoms with Crippen LogP contribution in [-0.2, 0) is 4.79 Å². The van der Waals surface area contributed by atoms with Crippen LogP contribution < -0.4 is 5.73 Å². The SMILES string of the molecule is CCCCN(CC(N)=O)C(=O)c1ccc(O)c(Cl)c1. The zero-order chi connectivity index (χ0) is 14.4. The predicted octanol–water partition coefficient (Wildman–Crippen LogP) is 1.77. The van der Waals surface area contributed by atoms with Gasteiger partial charge in [-0.25, -0.2) is 0 Å². The van der Waals surface area contributed by atoms with E-state index in [0.717, 1.165) is 12.8 Å². The molecule has 0 atom stereocenters. The molecule has 2 amide bonds. The fourth-order valence-electron chi connectivity index (χ4n) is 1.61. The number of carbonyl (C=O) groups excluding carboxylic acids is 2. The van der Waals surface area contributed by atoms with Crippen molar-refractivity contribution in [3.05, 3.63) is 28.8 Å². The van der Waals surface area contributed by atoms with Gasteiger partial charge in [0, 0.05) is 12.1 Å². The second kappa shape index (κ2) is 6.99. The standard InChI is InChI=1S/C13H17ClN2O3/c1-2-3-6-16(8-12(15)18)13(19)9-4-5-11(17)10(14)7-9/h4-5,7,17H,2-3,6,8H2,1H3,(H2,15,18). The van der Waals surface area contributed by atoms with E-state index in [-0.39, 0.29) is 23.2 Å². The molecule has 0 heterocycles. The van der Waals surface area contributed by atoms with Gasteiger partial charge in [-0.05, 0) is 24.6 Å². The first kappa shape index (κ1) is 15.3. The highest BCUT2D eigenvalue weighted by molar-refractivity contribution is 6.32. The summed E-state index contributed by atoms with van der Waals surface area (Å²) in [5, 5.41) is 9.42. The van der Waals surface area contributed by atoms with E-state index in [2.05, 4.69) is 0 Å². The summed E-state index contributed by atoms with van der Waals surface area (Å²) in [6.07, 6.45) is 1.68. The summed E-state index contributed by atoms with van der Waals surface area (Å²) in [7, 11) is 0. The minimum absolute atomic E-state index is 0.0896. The molecule has 1 aromatic rings. The van der Waals surface area contributed by atoms with Crippen molar-refractivity contribution >= 4 is 23.4 Å². The van der Waals surface area contributed by atoms with Gasteiger partial charge < -0.3 is 15.7 Å². The van der Waals surface area contributed by atoms with E-state index in [1.54, 1.807) is 0 Å². The van der Waals surface area contributed by atoms with E-state index < -0.39 is 5.91 Å². The van der Waals surface area contributed by atoms with E-state index >= 15 is 0 Å². The maximum absolute atomic E-state index is 12.2. The number of benzene rings is 1. The highest BCUT2D eigenvalue weighted by atomic mass is 35.5. The average molecular weight is 285 g/mol. The Morgan fingerprint density at radius 1 is 1.42 bits per heavy atom. The lowest BCUT2D eigenvalue weighted by Crippen LogP contribution is -2.39. The van der Waals surface area contributed by atoms with Crippen LogP contribution in [0.25, 0.3) is 0 Å². The molecule has 1 aromatic carbocycles. The number of hydrogen-bond acceptors (Lipinski definition) is 3. The minimum Gasteiger partial charge on any atom is -0.506 e. The second-order valence-electron chi connectivity index (χ2n) is 4.21. The van der Waals surface area contributed by atoms with Crippen molar-refractivity contribution in [3.8, 4) is 5.75 Å². The number of phenolic OH excluding ortho intramolecular Hbond substituents is 1. The largest absolute Gasteiger partial charge is 0.506 e. The summed E-state index contributed by atoms with van der Waals surface area (Å²) in [4.78, 5) is 24.6. The Labute approximate surface area is 117 Å². The van der Waals surface area contributed by atoms with E-state index in [0.29, 0.717) is 12.1 Å². The lowest BCUT2D eigenvalue weighted by atomic mass is 10.1. The van der Waals surface area contributed by atoms with E-state index in [4.69, 9.17) is 17.3 Å². The maximum atomic E-state index is 12.2. The fraction of sp³-hybridized carbons (Fsp3) is 0.385. The molecule has 0 aromatic heterocycles. The van der Waals surface area contributed by atoms with Crippen molar-refractivity contribution in [3.63, 3.8) is 0 Å². The average Bonchev–Trinajstić information content (AvgIpc) is 2.36. The fourth-order valence-corrected chi connectivity index (χ4v) is 1.79. The molecule has 0 saturated carbocycles. The number of phenols is 1. The van der Waals surface area contributed by atoms with Crippen molar-refractivity contribution < 1.29 is 14.7 Å². The van der Waals surface area contributed by atoms with Gasteiger partial charge in [-0.2, -0.15) is 0 Å². The number of amides is 2. The monoisotopic (exact) mass is 284 g/mol. The number of carbonyl (C=O) groups is 2. The number of aromatic hydroxyl groups is 1. The second-order valence-corrected chi connectivity index (χ2v) is 4.62. The number of halogens is 1. The van der Waals surface area contributed by atoms with Crippen LogP contribution in [0.15, 0.2) is 18.2 Å². The normalized spacial score (nSPS) is 10.2. The molecule has 5 nitrogen and oxygen atoms in total. The molecule has 19 heavy (non-hydrogen) atoms. The first-order chi connectivity index (χ1) is 8.95. The van der Waals surface area contributed by atoms with Gasteiger partial charge in [-0.1, -0.05) is 24.9 Å². The van der Waals surface area contributed by atoms with Crippen LogP contribution in [0.5, 0.6) is 5.75 Å². The van der Waals surface area contributed by atoms with Crippen molar-refractivity contribution in [2.24, 2.45) is 5.73 Å². The Kier molecular flexibility index (Phi) is 5.63. The first-order valence-electron chi connectivity index (χ1n) is 6.01. The van der Waals surface area contributed by atoms with Crippen LogP contribution in [0, 0.1) is 0 Å². The highest BCUT2D eigenvalue weighted by Crippen LogP contribution is 2.24. The van der Waals surface area contributed by atoms with Gasteiger partial charge in [0.2, 0.25) is 5.91 Å². The number of nitrogens with two attached hydrogens (primary N) is 1. The van der Waals surface area contributed by atoms with Crippen molar-refractivity contribution in [2.45, 2.75) is 19.8 Å². The van der Waals surface area contributed by atoms with Crippen LogP contribution in [0.3, 0.4) is 0 Å². The highest BCUT2D eigenvalue weighted by Gasteiger charge is 2.18. The summed E-state index contributed by atoms with van der Waals surface area (Å²) in [6, 6.07) is 4.18. The van der Waals surface area contributed by atoms with Crippen LogP contribution >= 0.6 is 11.6 Å². The Morgan fingerprint density at radius 3 is 2.63 bits per heavy atom. The molecule has 1 rings (SSSR count). The number of primary amides is 1. The van der Waals surface area contributed by atoms with Gasteiger partial charge >= 0.3 is 0 Å². The van der Waals surface area contributed by atoms with Crippen molar-refractivity contribution in [1.29, 1.82) is 0 Å². The molecule has 0 bridgehead atoms. The zero-order valence-corrected chi connectivity index (χ0v) is 11.5. The lowest BCUT2D eigenvalue weighted by molar-refractivity contribution is -0.118. The van der Waals surface area contributed by atoms with Gasteiger partial charge in [0.25, 0.3) is 5.91 Å². The molecule has 3 N–H and O–H groups in total. The maximum Gasteiger partial charge on any atom is 0.254 e. The Bertz CT molecular complexity index is 477. The van der Waals surface area contributed by atoms with Crippen LogP contribution in [0.1, 0.15) is 30.1 Å². The summed E-state index contributed by atoms with van der Waals surface area (Å²) >= 11 is 5.76. The molecule has 0 aliphatic heterocycles. The molecule has 0 unspecified atom stereocenters. The summed E-state index contributed by atoms with van der Waals surface area (Å²) in [6.45, 7) is 2.32. The van der Waals surface area contributed by atoms with Gasteiger partial charge in [0.05, 0.1) is 11.6 Å². The Balaban J connectivity index is 2.90. The lowest BCUT2D eigenvalue weighted by Gasteiger charge is -2.21. The third-order valence-electron chi connectivity index (χ3n) is 2.61. The molecule has 0 fully saturated rings. The van der Waals surface area contributed by atoms with E-state index in [9.17, 15) is 14.7 Å². The molecule has 6 heteroatoms.